The molecule has 0 aromatic heterocycles. The van der Waals surface area contributed by atoms with Crippen LogP contribution >= 0.6 is 0 Å². The average Bonchev–Trinajstić information content (AvgIpc) is 3.21. The zero-order valence-corrected chi connectivity index (χ0v) is 16.1. The summed E-state index contributed by atoms with van der Waals surface area (Å²) in [7, 11) is 0. The van der Waals surface area contributed by atoms with Gasteiger partial charge in [0, 0.05) is 6.07 Å². The van der Waals surface area contributed by atoms with Crippen LogP contribution in [-0.4, -0.2) is 24.9 Å². The highest BCUT2D eigenvalue weighted by Crippen LogP contribution is 2.44. The van der Waals surface area contributed by atoms with Crippen molar-refractivity contribution in [2.75, 3.05) is 13.2 Å². The Balaban J connectivity index is 1.40. The van der Waals surface area contributed by atoms with E-state index >= 15 is 0 Å². The summed E-state index contributed by atoms with van der Waals surface area (Å²) in [5.41, 5.74) is 2.78. The SMILES string of the molecule is CC(=CCOc1ccc2c(c1)OCCC2)CCC1OC1(C)CC(C)C. The fourth-order valence-corrected chi connectivity index (χ4v) is 3.80. The molecule has 0 aliphatic carbocycles. The summed E-state index contributed by atoms with van der Waals surface area (Å²) in [6, 6.07) is 6.19. The highest BCUT2D eigenvalue weighted by molar-refractivity contribution is 5.41. The first-order chi connectivity index (χ1) is 12.0. The Morgan fingerprint density at radius 2 is 2.24 bits per heavy atom. The first kappa shape index (κ1) is 18.3. The van der Waals surface area contributed by atoms with Crippen molar-refractivity contribution in [3.63, 3.8) is 0 Å². The molecule has 2 atom stereocenters. The molecule has 3 nitrogen and oxygen atoms in total. The van der Waals surface area contributed by atoms with E-state index in [0.717, 1.165) is 50.2 Å². The number of allylic oxidation sites excluding steroid dienone is 1. The molecule has 0 N–H and O–H groups in total. The van der Waals surface area contributed by atoms with Gasteiger partial charge in [-0.2, -0.15) is 0 Å². The molecule has 2 aliphatic heterocycles. The maximum Gasteiger partial charge on any atom is 0.126 e. The van der Waals surface area contributed by atoms with Gasteiger partial charge in [0.25, 0.3) is 0 Å². The zero-order chi connectivity index (χ0) is 17.9. The Bertz CT molecular complexity index is 620. The fraction of sp³-hybridized carbons (Fsp3) is 0.636. The number of benzene rings is 1. The number of fused-ring (bicyclic) bond motifs is 1. The van der Waals surface area contributed by atoms with Crippen LogP contribution in [0.5, 0.6) is 11.5 Å². The molecular weight excluding hydrogens is 312 g/mol. The van der Waals surface area contributed by atoms with Crippen molar-refractivity contribution in [2.45, 2.75) is 71.5 Å². The van der Waals surface area contributed by atoms with Crippen LogP contribution in [0.15, 0.2) is 29.8 Å². The number of aryl methyl sites for hydroxylation is 1. The van der Waals surface area contributed by atoms with E-state index in [9.17, 15) is 0 Å². The monoisotopic (exact) mass is 344 g/mol. The van der Waals surface area contributed by atoms with Crippen molar-refractivity contribution in [1.82, 2.24) is 0 Å². The molecule has 0 amide bonds. The van der Waals surface area contributed by atoms with Gasteiger partial charge in [-0.15, -0.1) is 0 Å². The van der Waals surface area contributed by atoms with Gasteiger partial charge in [-0.1, -0.05) is 25.5 Å². The second-order valence-corrected chi connectivity index (χ2v) is 8.14. The molecule has 1 fully saturated rings. The summed E-state index contributed by atoms with van der Waals surface area (Å²) in [5, 5.41) is 0. The van der Waals surface area contributed by atoms with Crippen LogP contribution < -0.4 is 9.47 Å². The Morgan fingerprint density at radius 3 is 3.04 bits per heavy atom. The Kier molecular flexibility index (Phi) is 5.73. The van der Waals surface area contributed by atoms with Gasteiger partial charge in [0.05, 0.1) is 18.3 Å². The van der Waals surface area contributed by atoms with Crippen LogP contribution in [0.3, 0.4) is 0 Å². The summed E-state index contributed by atoms with van der Waals surface area (Å²) in [4.78, 5) is 0. The topological polar surface area (TPSA) is 31.0 Å². The molecule has 2 aliphatic rings. The number of ether oxygens (including phenoxy) is 3. The lowest BCUT2D eigenvalue weighted by Gasteiger charge is -2.17. The highest BCUT2D eigenvalue weighted by Gasteiger charge is 2.51. The first-order valence-electron chi connectivity index (χ1n) is 9.68. The van der Waals surface area contributed by atoms with Crippen LogP contribution in [0.1, 0.15) is 58.9 Å². The van der Waals surface area contributed by atoms with E-state index in [1.54, 1.807) is 0 Å². The van der Waals surface area contributed by atoms with E-state index in [1.807, 2.05) is 12.1 Å². The van der Waals surface area contributed by atoms with E-state index in [0.29, 0.717) is 18.6 Å². The minimum Gasteiger partial charge on any atom is -0.493 e. The molecule has 3 heteroatoms. The molecule has 0 radical (unpaired) electrons. The van der Waals surface area contributed by atoms with Crippen molar-refractivity contribution in [1.29, 1.82) is 0 Å². The standard InChI is InChI=1S/C22H32O3/c1-16(2)15-22(4)21(25-22)10-7-17(3)11-13-23-19-9-8-18-6-5-12-24-20(18)14-19/h8-9,11,14,16,21H,5-7,10,12-13,15H2,1-4H3. The maximum atomic E-state index is 5.92. The van der Waals surface area contributed by atoms with E-state index in [-0.39, 0.29) is 5.60 Å². The van der Waals surface area contributed by atoms with Crippen molar-refractivity contribution in [3.05, 3.63) is 35.4 Å². The van der Waals surface area contributed by atoms with Crippen LogP contribution in [0.2, 0.25) is 0 Å². The van der Waals surface area contributed by atoms with Crippen molar-refractivity contribution in [3.8, 4) is 11.5 Å². The van der Waals surface area contributed by atoms with Gasteiger partial charge in [-0.3, -0.25) is 0 Å². The summed E-state index contributed by atoms with van der Waals surface area (Å²) in [6.45, 7) is 10.4. The molecule has 2 unspecified atom stereocenters. The summed E-state index contributed by atoms with van der Waals surface area (Å²) in [5.74, 6) is 2.57. The predicted molar refractivity (Wildman–Crippen MR) is 101 cm³/mol. The van der Waals surface area contributed by atoms with Gasteiger partial charge >= 0.3 is 0 Å². The Labute approximate surface area is 152 Å². The van der Waals surface area contributed by atoms with Gasteiger partial charge in [-0.25, -0.2) is 0 Å². The smallest absolute Gasteiger partial charge is 0.126 e. The number of hydrogen-bond acceptors (Lipinski definition) is 3. The molecule has 1 aromatic carbocycles. The minimum atomic E-state index is 0.119. The molecule has 25 heavy (non-hydrogen) atoms. The first-order valence-corrected chi connectivity index (χ1v) is 9.68. The minimum absolute atomic E-state index is 0.119. The third-order valence-electron chi connectivity index (χ3n) is 5.22. The molecule has 1 aromatic rings. The Morgan fingerprint density at radius 1 is 1.40 bits per heavy atom. The molecule has 138 valence electrons. The molecule has 0 saturated carbocycles. The number of epoxide rings is 1. The fourth-order valence-electron chi connectivity index (χ4n) is 3.80. The van der Waals surface area contributed by atoms with E-state index < -0.39 is 0 Å². The van der Waals surface area contributed by atoms with E-state index in [4.69, 9.17) is 14.2 Å². The van der Waals surface area contributed by atoms with Crippen LogP contribution in [-0.2, 0) is 11.2 Å². The molecule has 2 heterocycles. The molecule has 3 rings (SSSR count). The largest absolute Gasteiger partial charge is 0.493 e. The quantitative estimate of drug-likeness (QED) is 0.472. The second-order valence-electron chi connectivity index (χ2n) is 8.14. The summed E-state index contributed by atoms with van der Waals surface area (Å²) < 4.78 is 17.5. The van der Waals surface area contributed by atoms with Gasteiger partial charge in [0.1, 0.15) is 18.1 Å². The molecule has 0 bridgehead atoms. The third kappa shape index (κ3) is 5.01. The summed E-state index contributed by atoms with van der Waals surface area (Å²) >= 11 is 0. The maximum absolute atomic E-state index is 5.92. The molecule has 1 saturated heterocycles. The van der Waals surface area contributed by atoms with Crippen LogP contribution in [0.25, 0.3) is 0 Å². The number of rotatable bonds is 8. The van der Waals surface area contributed by atoms with Crippen LogP contribution in [0.4, 0.5) is 0 Å². The van der Waals surface area contributed by atoms with E-state index in [2.05, 4.69) is 39.8 Å². The van der Waals surface area contributed by atoms with E-state index in [1.165, 1.54) is 11.1 Å². The molecule has 0 spiro atoms. The van der Waals surface area contributed by atoms with Gasteiger partial charge in [-0.05, 0) is 69.6 Å². The van der Waals surface area contributed by atoms with Crippen molar-refractivity contribution in [2.24, 2.45) is 5.92 Å². The lowest BCUT2D eigenvalue weighted by molar-refractivity contribution is 0.274. The second kappa shape index (κ2) is 7.82. The van der Waals surface area contributed by atoms with Crippen molar-refractivity contribution >= 4 is 0 Å². The predicted octanol–water partition coefficient (Wildman–Crippen LogP) is 5.32. The normalized spacial score (nSPS) is 25.5. The lowest BCUT2D eigenvalue weighted by atomic mass is 9.93. The van der Waals surface area contributed by atoms with Gasteiger partial charge in [0.15, 0.2) is 0 Å². The van der Waals surface area contributed by atoms with Gasteiger partial charge < -0.3 is 14.2 Å². The average molecular weight is 344 g/mol. The van der Waals surface area contributed by atoms with Crippen molar-refractivity contribution < 1.29 is 14.2 Å². The molecular formula is C22H32O3. The summed E-state index contributed by atoms with van der Waals surface area (Å²) in [6.07, 6.45) is 8.17. The third-order valence-corrected chi connectivity index (χ3v) is 5.22. The highest BCUT2D eigenvalue weighted by atomic mass is 16.6. The number of hydrogen-bond donors (Lipinski definition) is 0. The van der Waals surface area contributed by atoms with Crippen LogP contribution in [0, 0.1) is 5.92 Å². The Hall–Kier alpha value is -1.48. The van der Waals surface area contributed by atoms with Gasteiger partial charge in [0.2, 0.25) is 0 Å². The zero-order valence-electron chi connectivity index (χ0n) is 16.1. The lowest BCUT2D eigenvalue weighted by Crippen LogP contribution is -2.13.